The molecule has 1 aromatic carbocycles. The summed E-state index contributed by atoms with van der Waals surface area (Å²) in [5, 5.41) is 0. The Balaban J connectivity index is 2.25. The van der Waals surface area contributed by atoms with Gasteiger partial charge in [-0.2, -0.15) is 0 Å². The lowest BCUT2D eigenvalue weighted by molar-refractivity contribution is 0.407. The zero-order chi connectivity index (χ0) is 13.3. The summed E-state index contributed by atoms with van der Waals surface area (Å²) in [6.45, 7) is 6.56. The van der Waals surface area contributed by atoms with E-state index < -0.39 is 0 Å². The summed E-state index contributed by atoms with van der Waals surface area (Å²) in [5.41, 5.74) is 10.2. The molecule has 2 nitrogen and oxygen atoms in total. The van der Waals surface area contributed by atoms with Crippen LogP contribution in [0.25, 0.3) is 0 Å². The monoisotopic (exact) mass is 247 g/mol. The van der Waals surface area contributed by atoms with E-state index in [2.05, 4.69) is 32.9 Å². The molecule has 1 fully saturated rings. The second-order valence-corrected chi connectivity index (χ2v) is 5.88. The highest BCUT2D eigenvalue weighted by molar-refractivity contribution is 5.43. The van der Waals surface area contributed by atoms with Crippen molar-refractivity contribution >= 4 is 0 Å². The van der Waals surface area contributed by atoms with E-state index in [9.17, 15) is 0 Å². The zero-order valence-corrected chi connectivity index (χ0v) is 12.0. The third-order valence-electron chi connectivity index (χ3n) is 4.39. The summed E-state index contributed by atoms with van der Waals surface area (Å²) in [4.78, 5) is 0. The van der Waals surface area contributed by atoms with Crippen LogP contribution in [0.1, 0.15) is 48.9 Å². The van der Waals surface area contributed by atoms with E-state index >= 15 is 0 Å². The Morgan fingerprint density at radius 1 is 1.22 bits per heavy atom. The van der Waals surface area contributed by atoms with Crippen LogP contribution in [-0.4, -0.2) is 7.11 Å². The van der Waals surface area contributed by atoms with Crippen LogP contribution in [0.15, 0.2) is 12.1 Å². The van der Waals surface area contributed by atoms with Gasteiger partial charge in [0.05, 0.1) is 7.11 Å². The molecule has 2 heteroatoms. The molecule has 2 N–H and O–H groups in total. The molecule has 100 valence electrons. The van der Waals surface area contributed by atoms with Crippen molar-refractivity contribution in [1.82, 2.24) is 0 Å². The molecule has 1 aromatic rings. The van der Waals surface area contributed by atoms with E-state index in [4.69, 9.17) is 10.5 Å². The van der Waals surface area contributed by atoms with Crippen molar-refractivity contribution in [1.29, 1.82) is 0 Å². The highest BCUT2D eigenvalue weighted by atomic mass is 16.5. The van der Waals surface area contributed by atoms with Crippen molar-refractivity contribution in [2.45, 2.75) is 46.1 Å². The number of nitrogens with two attached hydrogens (primary N) is 1. The smallest absolute Gasteiger partial charge is 0.122 e. The average Bonchev–Trinajstić information content (AvgIpc) is 2.77. The summed E-state index contributed by atoms with van der Waals surface area (Å²) in [5.74, 6) is 2.44. The van der Waals surface area contributed by atoms with Gasteiger partial charge in [-0.05, 0) is 61.3 Å². The number of rotatable bonds is 3. The number of aryl methyl sites for hydroxylation is 2. The zero-order valence-electron chi connectivity index (χ0n) is 12.0. The topological polar surface area (TPSA) is 35.2 Å². The standard InChI is InChI=1S/C16H25NO/c1-10-5-6-13(7-10)16(17)14-8-12(3)15(18-4)9-11(14)2/h8-10,13,16H,5-7,17H2,1-4H3. The number of hydrogen-bond acceptors (Lipinski definition) is 2. The van der Waals surface area contributed by atoms with Gasteiger partial charge >= 0.3 is 0 Å². The van der Waals surface area contributed by atoms with E-state index in [0.717, 1.165) is 11.7 Å². The normalized spacial score (nSPS) is 25.2. The van der Waals surface area contributed by atoms with Crippen molar-refractivity contribution in [2.24, 2.45) is 17.6 Å². The molecule has 3 atom stereocenters. The van der Waals surface area contributed by atoms with Crippen LogP contribution in [0, 0.1) is 25.7 Å². The Morgan fingerprint density at radius 3 is 2.50 bits per heavy atom. The van der Waals surface area contributed by atoms with Gasteiger partial charge < -0.3 is 10.5 Å². The van der Waals surface area contributed by atoms with Gasteiger partial charge in [0.1, 0.15) is 5.75 Å². The fourth-order valence-electron chi connectivity index (χ4n) is 3.22. The average molecular weight is 247 g/mol. The molecule has 0 saturated heterocycles. The lowest BCUT2D eigenvalue weighted by atomic mass is 9.88. The Hall–Kier alpha value is -1.02. The highest BCUT2D eigenvalue weighted by Crippen LogP contribution is 2.39. The summed E-state index contributed by atoms with van der Waals surface area (Å²) < 4.78 is 5.36. The maximum atomic E-state index is 6.48. The third kappa shape index (κ3) is 2.54. The van der Waals surface area contributed by atoms with E-state index in [1.54, 1.807) is 7.11 Å². The molecule has 0 aliphatic heterocycles. The molecule has 2 rings (SSSR count). The minimum atomic E-state index is 0.180. The summed E-state index contributed by atoms with van der Waals surface area (Å²) >= 11 is 0. The van der Waals surface area contributed by atoms with Gasteiger partial charge in [-0.25, -0.2) is 0 Å². The van der Waals surface area contributed by atoms with Crippen molar-refractivity contribution in [3.63, 3.8) is 0 Å². The molecule has 1 aliphatic rings. The Labute approximate surface area is 111 Å². The fraction of sp³-hybridized carbons (Fsp3) is 0.625. The Kier molecular flexibility index (Phi) is 3.96. The van der Waals surface area contributed by atoms with E-state index in [-0.39, 0.29) is 6.04 Å². The van der Waals surface area contributed by atoms with Crippen molar-refractivity contribution in [2.75, 3.05) is 7.11 Å². The fourth-order valence-corrected chi connectivity index (χ4v) is 3.22. The summed E-state index contributed by atoms with van der Waals surface area (Å²) in [6, 6.07) is 4.50. The third-order valence-corrected chi connectivity index (χ3v) is 4.39. The van der Waals surface area contributed by atoms with E-state index in [1.807, 2.05) is 0 Å². The predicted molar refractivity (Wildman–Crippen MR) is 75.9 cm³/mol. The lowest BCUT2D eigenvalue weighted by Gasteiger charge is -2.22. The molecule has 0 aromatic heterocycles. The number of methoxy groups -OCH3 is 1. The molecule has 0 amide bonds. The second-order valence-electron chi connectivity index (χ2n) is 5.88. The first kappa shape index (κ1) is 13.4. The van der Waals surface area contributed by atoms with Crippen LogP contribution in [0.3, 0.4) is 0 Å². The molecular formula is C16H25NO. The first-order valence-corrected chi connectivity index (χ1v) is 6.93. The van der Waals surface area contributed by atoms with Crippen LogP contribution in [0.4, 0.5) is 0 Å². The minimum absolute atomic E-state index is 0.180. The van der Waals surface area contributed by atoms with Crippen molar-refractivity contribution in [3.8, 4) is 5.75 Å². The quantitative estimate of drug-likeness (QED) is 0.883. The van der Waals surface area contributed by atoms with Crippen LogP contribution in [0.2, 0.25) is 0 Å². The molecule has 0 heterocycles. The Morgan fingerprint density at radius 2 is 1.94 bits per heavy atom. The highest BCUT2D eigenvalue weighted by Gasteiger charge is 2.28. The van der Waals surface area contributed by atoms with Gasteiger partial charge in [-0.1, -0.05) is 19.4 Å². The number of benzene rings is 1. The minimum Gasteiger partial charge on any atom is -0.496 e. The van der Waals surface area contributed by atoms with Crippen molar-refractivity contribution < 1.29 is 4.74 Å². The van der Waals surface area contributed by atoms with Crippen LogP contribution in [-0.2, 0) is 0 Å². The Bertz CT molecular complexity index is 427. The SMILES string of the molecule is COc1cc(C)c(C(N)C2CCC(C)C2)cc1C. The summed E-state index contributed by atoms with van der Waals surface area (Å²) in [6.07, 6.45) is 3.87. The molecule has 1 aliphatic carbocycles. The first-order chi connectivity index (χ1) is 8.52. The van der Waals surface area contributed by atoms with Crippen molar-refractivity contribution in [3.05, 3.63) is 28.8 Å². The number of ether oxygens (including phenoxy) is 1. The number of hydrogen-bond donors (Lipinski definition) is 1. The maximum absolute atomic E-state index is 6.48. The summed E-state index contributed by atoms with van der Waals surface area (Å²) in [7, 11) is 1.72. The van der Waals surface area contributed by atoms with Gasteiger partial charge in [0.25, 0.3) is 0 Å². The first-order valence-electron chi connectivity index (χ1n) is 6.93. The largest absolute Gasteiger partial charge is 0.496 e. The maximum Gasteiger partial charge on any atom is 0.122 e. The molecule has 0 spiro atoms. The lowest BCUT2D eigenvalue weighted by Crippen LogP contribution is -2.20. The van der Waals surface area contributed by atoms with Gasteiger partial charge in [0, 0.05) is 6.04 Å². The van der Waals surface area contributed by atoms with Gasteiger partial charge in [-0.15, -0.1) is 0 Å². The molecule has 3 unspecified atom stereocenters. The predicted octanol–water partition coefficient (Wildman–Crippen LogP) is 3.75. The van der Waals surface area contributed by atoms with Gasteiger partial charge in [0.15, 0.2) is 0 Å². The van der Waals surface area contributed by atoms with E-state index in [1.165, 1.54) is 36.0 Å². The van der Waals surface area contributed by atoms with Crippen LogP contribution in [0.5, 0.6) is 5.75 Å². The molecule has 18 heavy (non-hydrogen) atoms. The molecule has 0 bridgehead atoms. The molecule has 0 radical (unpaired) electrons. The van der Waals surface area contributed by atoms with Crippen LogP contribution < -0.4 is 10.5 Å². The molecular weight excluding hydrogens is 222 g/mol. The second kappa shape index (κ2) is 5.31. The molecule has 1 saturated carbocycles. The van der Waals surface area contributed by atoms with Gasteiger partial charge in [0.2, 0.25) is 0 Å². The van der Waals surface area contributed by atoms with E-state index in [0.29, 0.717) is 5.92 Å². The van der Waals surface area contributed by atoms with Crippen LogP contribution >= 0.6 is 0 Å². The van der Waals surface area contributed by atoms with Gasteiger partial charge in [-0.3, -0.25) is 0 Å².